The average molecular weight is 494 g/mol. The van der Waals surface area contributed by atoms with Crippen LogP contribution in [-0.4, -0.2) is 48.2 Å². The van der Waals surface area contributed by atoms with Crippen molar-refractivity contribution in [1.82, 2.24) is 15.6 Å². The first-order valence-electron chi connectivity index (χ1n) is 12.1. The summed E-state index contributed by atoms with van der Waals surface area (Å²) in [6, 6.07) is 9.06. The number of H-pyrrole nitrogens is 1. The van der Waals surface area contributed by atoms with Crippen LogP contribution in [0.25, 0.3) is 10.9 Å². The molecule has 2 amide bonds. The summed E-state index contributed by atoms with van der Waals surface area (Å²) < 4.78 is 19.5. The molecule has 0 saturated carbocycles. The maximum Gasteiger partial charge on any atom is 0.255 e. The average Bonchev–Trinajstić information content (AvgIpc) is 3.28. The summed E-state index contributed by atoms with van der Waals surface area (Å²) in [6.45, 7) is 2.14. The molecule has 0 spiro atoms. The van der Waals surface area contributed by atoms with Gasteiger partial charge in [-0.3, -0.25) is 9.59 Å². The van der Waals surface area contributed by atoms with Crippen molar-refractivity contribution in [2.24, 2.45) is 0 Å². The van der Waals surface area contributed by atoms with Crippen LogP contribution in [0.15, 0.2) is 42.6 Å². The van der Waals surface area contributed by atoms with Gasteiger partial charge in [0, 0.05) is 42.6 Å². The number of aliphatic hydroxyl groups excluding tert-OH is 1. The fourth-order valence-electron chi connectivity index (χ4n) is 3.76. The number of aliphatic hydroxyl groups is 1. The number of carbonyl (C=O) groups is 2. The van der Waals surface area contributed by atoms with Gasteiger partial charge in [-0.05, 0) is 61.2 Å². The van der Waals surface area contributed by atoms with E-state index in [4.69, 9.17) is 4.74 Å². The van der Waals surface area contributed by atoms with E-state index in [-0.39, 0.29) is 18.3 Å². The quantitative estimate of drug-likeness (QED) is 0.242. The molecule has 36 heavy (non-hydrogen) atoms. The van der Waals surface area contributed by atoms with Gasteiger partial charge in [0.2, 0.25) is 5.91 Å². The topological polar surface area (TPSA) is 103 Å². The number of ether oxygens (including phenoxy) is 1. The van der Waals surface area contributed by atoms with E-state index in [1.54, 1.807) is 37.5 Å². The molecule has 1 aromatic heterocycles. The van der Waals surface area contributed by atoms with Gasteiger partial charge in [0.05, 0.1) is 24.8 Å². The number of amides is 2. The van der Waals surface area contributed by atoms with Crippen molar-refractivity contribution in [3.8, 4) is 17.6 Å². The standard InChI is InChI=1S/C28H32FN3O4/c1-3-13-36-26-12-9-19(7-5-4-6-8-27(34)30-2)14-24(26)28(35)32-22(18-33)15-20-17-31-25-11-10-21(29)16-23(20)25/h9-12,14,16-17,22,31,33H,3-4,6,8,13,15,18H2,1-2H3,(H,30,34)(H,32,35). The van der Waals surface area contributed by atoms with Crippen molar-refractivity contribution in [1.29, 1.82) is 0 Å². The summed E-state index contributed by atoms with van der Waals surface area (Å²) in [6.07, 6.45) is 4.48. The van der Waals surface area contributed by atoms with Gasteiger partial charge in [0.25, 0.3) is 5.91 Å². The Balaban J connectivity index is 1.75. The Bertz CT molecular complexity index is 1260. The zero-order chi connectivity index (χ0) is 25.9. The van der Waals surface area contributed by atoms with E-state index in [1.807, 2.05) is 6.92 Å². The van der Waals surface area contributed by atoms with Gasteiger partial charge in [-0.1, -0.05) is 18.8 Å². The first-order valence-corrected chi connectivity index (χ1v) is 12.1. The van der Waals surface area contributed by atoms with Crippen LogP contribution in [0.5, 0.6) is 5.75 Å². The Kier molecular flexibility index (Phi) is 9.90. The highest BCUT2D eigenvalue weighted by Crippen LogP contribution is 2.23. The molecule has 0 aliphatic heterocycles. The van der Waals surface area contributed by atoms with E-state index < -0.39 is 11.9 Å². The Morgan fingerprint density at radius 3 is 2.81 bits per heavy atom. The van der Waals surface area contributed by atoms with Crippen LogP contribution in [0.2, 0.25) is 0 Å². The minimum Gasteiger partial charge on any atom is -0.493 e. The molecule has 0 aliphatic carbocycles. The first kappa shape index (κ1) is 26.8. The number of fused-ring (bicyclic) bond motifs is 1. The lowest BCUT2D eigenvalue weighted by molar-refractivity contribution is -0.120. The molecule has 1 heterocycles. The number of carbonyl (C=O) groups excluding carboxylic acids is 2. The monoisotopic (exact) mass is 493 g/mol. The predicted octanol–water partition coefficient (Wildman–Crippen LogP) is 3.70. The van der Waals surface area contributed by atoms with Crippen LogP contribution in [0.3, 0.4) is 0 Å². The smallest absolute Gasteiger partial charge is 0.255 e. The number of halogens is 1. The maximum absolute atomic E-state index is 13.7. The van der Waals surface area contributed by atoms with Crippen LogP contribution in [-0.2, 0) is 11.2 Å². The molecular weight excluding hydrogens is 461 g/mol. The van der Waals surface area contributed by atoms with E-state index >= 15 is 0 Å². The maximum atomic E-state index is 13.7. The van der Waals surface area contributed by atoms with Crippen molar-refractivity contribution < 1.29 is 23.8 Å². The molecule has 0 fully saturated rings. The van der Waals surface area contributed by atoms with E-state index in [0.29, 0.717) is 54.6 Å². The van der Waals surface area contributed by atoms with Gasteiger partial charge in [0.15, 0.2) is 0 Å². The molecule has 2 aromatic carbocycles. The van der Waals surface area contributed by atoms with Gasteiger partial charge < -0.3 is 25.5 Å². The SMILES string of the molecule is CCCOc1ccc(C#CCCCC(=O)NC)cc1C(=O)NC(CO)Cc1c[nH]c2ccc(F)cc12. The second-order valence-electron chi connectivity index (χ2n) is 8.45. The molecule has 0 saturated heterocycles. The number of benzene rings is 2. The van der Waals surface area contributed by atoms with Crippen LogP contribution in [0.4, 0.5) is 4.39 Å². The summed E-state index contributed by atoms with van der Waals surface area (Å²) in [7, 11) is 1.60. The molecule has 3 rings (SSSR count). The van der Waals surface area contributed by atoms with Crippen LogP contribution < -0.4 is 15.4 Å². The Labute approximate surface area is 210 Å². The Morgan fingerprint density at radius 1 is 1.22 bits per heavy atom. The van der Waals surface area contributed by atoms with Gasteiger partial charge in [-0.25, -0.2) is 4.39 Å². The number of aromatic amines is 1. The number of unbranched alkanes of at least 4 members (excludes halogenated alkanes) is 1. The molecule has 3 aromatic rings. The number of nitrogens with one attached hydrogen (secondary N) is 3. The fourth-order valence-corrected chi connectivity index (χ4v) is 3.76. The van der Waals surface area contributed by atoms with Gasteiger partial charge in [0.1, 0.15) is 11.6 Å². The third-order valence-corrected chi connectivity index (χ3v) is 5.65. The van der Waals surface area contributed by atoms with Crippen molar-refractivity contribution in [2.45, 2.75) is 45.1 Å². The van der Waals surface area contributed by atoms with Gasteiger partial charge >= 0.3 is 0 Å². The molecule has 0 bridgehead atoms. The highest BCUT2D eigenvalue weighted by molar-refractivity contribution is 5.97. The van der Waals surface area contributed by atoms with E-state index in [2.05, 4.69) is 27.5 Å². The highest BCUT2D eigenvalue weighted by atomic mass is 19.1. The normalized spacial score (nSPS) is 11.4. The van der Waals surface area contributed by atoms with E-state index in [1.165, 1.54) is 12.1 Å². The van der Waals surface area contributed by atoms with E-state index in [0.717, 1.165) is 17.5 Å². The summed E-state index contributed by atoms with van der Waals surface area (Å²) in [5.74, 6) is 5.74. The lowest BCUT2D eigenvalue weighted by Gasteiger charge is -2.18. The number of rotatable bonds is 11. The molecule has 7 nitrogen and oxygen atoms in total. The van der Waals surface area contributed by atoms with Crippen LogP contribution in [0.1, 0.15) is 54.1 Å². The van der Waals surface area contributed by atoms with Gasteiger partial charge in [-0.2, -0.15) is 0 Å². The zero-order valence-electron chi connectivity index (χ0n) is 20.6. The van der Waals surface area contributed by atoms with Crippen molar-refractivity contribution >= 4 is 22.7 Å². The second kappa shape index (κ2) is 13.3. The van der Waals surface area contributed by atoms with Gasteiger partial charge in [-0.15, -0.1) is 0 Å². The molecular formula is C28H32FN3O4. The first-order chi connectivity index (χ1) is 17.4. The predicted molar refractivity (Wildman–Crippen MR) is 137 cm³/mol. The largest absolute Gasteiger partial charge is 0.493 e. The molecule has 1 unspecified atom stereocenters. The fraction of sp³-hybridized carbons (Fsp3) is 0.357. The molecule has 8 heteroatoms. The number of hydrogen-bond donors (Lipinski definition) is 4. The molecule has 1 atom stereocenters. The van der Waals surface area contributed by atoms with Crippen LogP contribution in [0, 0.1) is 17.7 Å². The van der Waals surface area contributed by atoms with E-state index in [9.17, 15) is 19.1 Å². The van der Waals surface area contributed by atoms with Crippen molar-refractivity contribution in [2.75, 3.05) is 20.3 Å². The summed E-state index contributed by atoms with van der Waals surface area (Å²) >= 11 is 0. The second-order valence-corrected chi connectivity index (χ2v) is 8.45. The summed E-state index contributed by atoms with van der Waals surface area (Å²) in [5, 5.41) is 16.1. The number of aromatic nitrogens is 1. The summed E-state index contributed by atoms with van der Waals surface area (Å²) in [5.41, 5.74) is 2.55. The molecule has 190 valence electrons. The lowest BCUT2D eigenvalue weighted by atomic mass is 10.0. The molecule has 0 radical (unpaired) electrons. The van der Waals surface area contributed by atoms with Crippen LogP contribution >= 0.6 is 0 Å². The zero-order valence-corrected chi connectivity index (χ0v) is 20.6. The molecule has 4 N–H and O–H groups in total. The Hall–Kier alpha value is -3.83. The highest BCUT2D eigenvalue weighted by Gasteiger charge is 2.19. The molecule has 0 aliphatic rings. The minimum atomic E-state index is -0.585. The van der Waals surface area contributed by atoms with Crippen molar-refractivity contribution in [3.63, 3.8) is 0 Å². The minimum absolute atomic E-state index is 0.0237. The third kappa shape index (κ3) is 7.33. The number of hydrogen-bond acceptors (Lipinski definition) is 4. The summed E-state index contributed by atoms with van der Waals surface area (Å²) in [4.78, 5) is 27.6. The van der Waals surface area contributed by atoms with Crippen molar-refractivity contribution in [3.05, 3.63) is 65.1 Å². The third-order valence-electron chi connectivity index (χ3n) is 5.65. The lowest BCUT2D eigenvalue weighted by Crippen LogP contribution is -2.39. The Morgan fingerprint density at radius 2 is 2.06 bits per heavy atom.